The summed E-state index contributed by atoms with van der Waals surface area (Å²) in [7, 11) is 0. The lowest BCUT2D eigenvalue weighted by atomic mass is 9.92. The summed E-state index contributed by atoms with van der Waals surface area (Å²) in [6, 6.07) is 8.08. The average Bonchev–Trinajstić information content (AvgIpc) is 2.14. The SMILES string of the molecule is CC[C@H](CC(=O)O)c1cccc(C)c1. The van der Waals surface area contributed by atoms with Crippen molar-refractivity contribution >= 4 is 5.97 Å². The smallest absolute Gasteiger partial charge is 0.303 e. The Morgan fingerprint density at radius 1 is 1.50 bits per heavy atom. The number of rotatable bonds is 4. The average molecular weight is 192 g/mol. The van der Waals surface area contributed by atoms with Gasteiger partial charge < -0.3 is 5.11 Å². The Labute approximate surface area is 84.6 Å². The lowest BCUT2D eigenvalue weighted by Crippen LogP contribution is -2.05. The van der Waals surface area contributed by atoms with E-state index >= 15 is 0 Å². The molecule has 2 heteroatoms. The third kappa shape index (κ3) is 2.87. The van der Waals surface area contributed by atoms with Crippen LogP contribution in [0.15, 0.2) is 24.3 Å². The Morgan fingerprint density at radius 3 is 2.71 bits per heavy atom. The highest BCUT2D eigenvalue weighted by molar-refractivity contribution is 5.68. The lowest BCUT2D eigenvalue weighted by molar-refractivity contribution is -0.137. The maximum Gasteiger partial charge on any atom is 0.303 e. The molecule has 0 spiro atoms. The van der Waals surface area contributed by atoms with Gasteiger partial charge in [0, 0.05) is 0 Å². The van der Waals surface area contributed by atoms with Crippen molar-refractivity contribution in [3.8, 4) is 0 Å². The maximum absolute atomic E-state index is 10.6. The second-order valence-electron chi connectivity index (χ2n) is 3.62. The van der Waals surface area contributed by atoms with Crippen LogP contribution in [0.5, 0.6) is 0 Å². The fourth-order valence-electron chi connectivity index (χ4n) is 1.63. The van der Waals surface area contributed by atoms with Gasteiger partial charge in [0.15, 0.2) is 0 Å². The molecule has 0 amide bonds. The molecule has 0 unspecified atom stereocenters. The minimum atomic E-state index is -0.724. The van der Waals surface area contributed by atoms with Crippen LogP contribution in [0.2, 0.25) is 0 Å². The molecule has 2 nitrogen and oxygen atoms in total. The van der Waals surface area contributed by atoms with Gasteiger partial charge >= 0.3 is 5.97 Å². The van der Waals surface area contributed by atoms with Crippen LogP contribution in [0.1, 0.15) is 36.8 Å². The number of carboxylic acid groups (broad SMARTS) is 1. The number of aliphatic carboxylic acids is 1. The summed E-state index contributed by atoms with van der Waals surface area (Å²) in [5.41, 5.74) is 2.32. The number of carbonyl (C=O) groups is 1. The summed E-state index contributed by atoms with van der Waals surface area (Å²) >= 11 is 0. The molecule has 1 rings (SSSR count). The molecule has 0 fully saturated rings. The van der Waals surface area contributed by atoms with Gasteiger partial charge in [-0.1, -0.05) is 36.8 Å². The van der Waals surface area contributed by atoms with E-state index in [1.165, 1.54) is 5.56 Å². The van der Waals surface area contributed by atoms with Crippen LogP contribution in [0.3, 0.4) is 0 Å². The summed E-state index contributed by atoms with van der Waals surface area (Å²) in [6.07, 6.45) is 1.09. The molecule has 1 aromatic rings. The third-order valence-corrected chi connectivity index (χ3v) is 2.43. The molecule has 0 aliphatic carbocycles. The predicted octanol–water partition coefficient (Wildman–Crippen LogP) is 2.96. The van der Waals surface area contributed by atoms with Crippen LogP contribution in [-0.2, 0) is 4.79 Å². The van der Waals surface area contributed by atoms with E-state index in [1.54, 1.807) is 0 Å². The summed E-state index contributed by atoms with van der Waals surface area (Å²) in [5.74, 6) is -0.578. The highest BCUT2D eigenvalue weighted by Gasteiger charge is 2.12. The molecule has 1 aromatic carbocycles. The van der Waals surface area contributed by atoms with Crippen LogP contribution in [-0.4, -0.2) is 11.1 Å². The maximum atomic E-state index is 10.6. The first kappa shape index (κ1) is 10.8. The van der Waals surface area contributed by atoms with Crippen molar-refractivity contribution in [3.63, 3.8) is 0 Å². The highest BCUT2D eigenvalue weighted by Crippen LogP contribution is 2.23. The fraction of sp³-hybridized carbons (Fsp3) is 0.417. The Balaban J connectivity index is 2.83. The molecule has 1 atom stereocenters. The van der Waals surface area contributed by atoms with Gasteiger partial charge in [-0.15, -0.1) is 0 Å². The topological polar surface area (TPSA) is 37.3 Å². The van der Waals surface area contributed by atoms with Gasteiger partial charge in [-0.25, -0.2) is 0 Å². The molecule has 0 aliphatic rings. The largest absolute Gasteiger partial charge is 0.481 e. The molecule has 0 heterocycles. The number of hydrogen-bond donors (Lipinski definition) is 1. The first-order chi connectivity index (χ1) is 6.63. The van der Waals surface area contributed by atoms with E-state index in [-0.39, 0.29) is 12.3 Å². The molecular weight excluding hydrogens is 176 g/mol. The molecule has 0 aliphatic heterocycles. The molecular formula is C12H16O2. The van der Waals surface area contributed by atoms with Gasteiger partial charge in [0.1, 0.15) is 0 Å². The minimum Gasteiger partial charge on any atom is -0.481 e. The molecule has 0 aromatic heterocycles. The Bertz CT molecular complexity index is 318. The van der Waals surface area contributed by atoms with E-state index in [0.717, 1.165) is 12.0 Å². The molecule has 14 heavy (non-hydrogen) atoms. The predicted molar refractivity (Wildman–Crippen MR) is 56.5 cm³/mol. The van der Waals surface area contributed by atoms with Crippen molar-refractivity contribution in [3.05, 3.63) is 35.4 Å². The quantitative estimate of drug-likeness (QED) is 0.796. The van der Waals surface area contributed by atoms with Gasteiger partial charge in [-0.05, 0) is 24.8 Å². The Kier molecular flexibility index (Phi) is 3.69. The first-order valence-electron chi connectivity index (χ1n) is 4.91. The fourth-order valence-corrected chi connectivity index (χ4v) is 1.63. The third-order valence-electron chi connectivity index (χ3n) is 2.43. The van der Waals surface area contributed by atoms with Crippen LogP contribution < -0.4 is 0 Å². The number of hydrogen-bond acceptors (Lipinski definition) is 1. The van der Waals surface area contributed by atoms with E-state index < -0.39 is 5.97 Å². The van der Waals surface area contributed by atoms with E-state index in [1.807, 2.05) is 32.0 Å². The number of aryl methyl sites for hydroxylation is 1. The first-order valence-corrected chi connectivity index (χ1v) is 4.91. The van der Waals surface area contributed by atoms with Gasteiger partial charge in [-0.3, -0.25) is 4.79 Å². The monoisotopic (exact) mass is 192 g/mol. The van der Waals surface area contributed by atoms with Crippen LogP contribution in [0.4, 0.5) is 0 Å². The van der Waals surface area contributed by atoms with Gasteiger partial charge in [0.25, 0.3) is 0 Å². The van der Waals surface area contributed by atoms with Crippen molar-refractivity contribution in [2.45, 2.75) is 32.6 Å². The van der Waals surface area contributed by atoms with E-state index in [0.29, 0.717) is 0 Å². The van der Waals surface area contributed by atoms with Gasteiger partial charge in [-0.2, -0.15) is 0 Å². The number of carboxylic acids is 1. The highest BCUT2D eigenvalue weighted by atomic mass is 16.4. The zero-order chi connectivity index (χ0) is 10.6. The van der Waals surface area contributed by atoms with Crippen molar-refractivity contribution in [2.75, 3.05) is 0 Å². The Morgan fingerprint density at radius 2 is 2.21 bits per heavy atom. The van der Waals surface area contributed by atoms with E-state index in [2.05, 4.69) is 6.07 Å². The zero-order valence-electron chi connectivity index (χ0n) is 8.66. The summed E-state index contributed by atoms with van der Waals surface area (Å²) in [6.45, 7) is 4.05. The molecule has 0 radical (unpaired) electrons. The molecule has 0 saturated carbocycles. The summed E-state index contributed by atoms with van der Waals surface area (Å²) in [4.78, 5) is 10.6. The molecule has 1 N–H and O–H groups in total. The van der Waals surface area contributed by atoms with E-state index in [9.17, 15) is 4.79 Å². The summed E-state index contributed by atoms with van der Waals surface area (Å²) < 4.78 is 0. The zero-order valence-corrected chi connectivity index (χ0v) is 8.66. The normalized spacial score (nSPS) is 12.4. The van der Waals surface area contributed by atoms with Crippen LogP contribution in [0.25, 0.3) is 0 Å². The molecule has 0 bridgehead atoms. The standard InChI is InChI=1S/C12H16O2/c1-3-10(8-12(13)14)11-6-4-5-9(2)7-11/h4-7,10H,3,8H2,1-2H3,(H,13,14)/t10-/m1/s1. The van der Waals surface area contributed by atoms with Crippen LogP contribution >= 0.6 is 0 Å². The van der Waals surface area contributed by atoms with Crippen molar-refractivity contribution in [1.82, 2.24) is 0 Å². The molecule has 76 valence electrons. The minimum absolute atomic E-state index is 0.146. The van der Waals surface area contributed by atoms with Gasteiger partial charge in [0.05, 0.1) is 6.42 Å². The van der Waals surface area contributed by atoms with Gasteiger partial charge in [0.2, 0.25) is 0 Å². The van der Waals surface area contributed by atoms with Crippen LogP contribution in [0, 0.1) is 6.92 Å². The van der Waals surface area contributed by atoms with Crippen molar-refractivity contribution in [2.24, 2.45) is 0 Å². The second-order valence-corrected chi connectivity index (χ2v) is 3.62. The lowest BCUT2D eigenvalue weighted by Gasteiger charge is -2.13. The second kappa shape index (κ2) is 4.80. The Hall–Kier alpha value is -1.31. The van der Waals surface area contributed by atoms with Crippen molar-refractivity contribution in [1.29, 1.82) is 0 Å². The number of benzene rings is 1. The summed E-state index contributed by atoms with van der Waals surface area (Å²) in [5, 5.41) is 8.75. The van der Waals surface area contributed by atoms with E-state index in [4.69, 9.17) is 5.11 Å². The van der Waals surface area contributed by atoms with Crippen molar-refractivity contribution < 1.29 is 9.90 Å². The molecule has 0 saturated heterocycles.